The molecule has 0 aliphatic heterocycles. The summed E-state index contributed by atoms with van der Waals surface area (Å²) in [6.07, 6.45) is 9.28. The Hall–Kier alpha value is -1.89. The SMILES string of the molecule is CN(CCCn1cnc2c1c(=O)n(C)c(=O)n2C)C1CCCCC1. The zero-order valence-electron chi connectivity index (χ0n) is 14.9. The molecule has 3 rings (SSSR count). The lowest BCUT2D eigenvalue weighted by Crippen LogP contribution is -2.37. The summed E-state index contributed by atoms with van der Waals surface area (Å²) in [5.74, 6) is 0. The predicted octanol–water partition coefficient (Wildman–Crippen LogP) is 1.09. The number of aryl methyl sites for hydroxylation is 2. The van der Waals surface area contributed by atoms with E-state index in [1.165, 1.54) is 43.7 Å². The van der Waals surface area contributed by atoms with Crippen LogP contribution in [-0.2, 0) is 20.6 Å². The van der Waals surface area contributed by atoms with Crippen molar-refractivity contribution in [3.05, 3.63) is 27.2 Å². The molecular weight excluding hydrogens is 306 g/mol. The monoisotopic (exact) mass is 333 g/mol. The predicted molar refractivity (Wildman–Crippen MR) is 94.3 cm³/mol. The molecule has 132 valence electrons. The third-order valence-corrected chi connectivity index (χ3v) is 5.33. The lowest BCUT2D eigenvalue weighted by molar-refractivity contribution is 0.187. The molecule has 24 heavy (non-hydrogen) atoms. The van der Waals surface area contributed by atoms with E-state index >= 15 is 0 Å². The molecule has 0 radical (unpaired) electrons. The quantitative estimate of drug-likeness (QED) is 0.821. The Balaban J connectivity index is 1.72. The number of fused-ring (bicyclic) bond motifs is 1. The molecule has 1 aliphatic carbocycles. The van der Waals surface area contributed by atoms with Crippen LogP contribution in [0.15, 0.2) is 15.9 Å². The first-order valence-electron chi connectivity index (χ1n) is 8.82. The van der Waals surface area contributed by atoms with Gasteiger partial charge in [-0.3, -0.25) is 13.9 Å². The number of imidazole rings is 1. The van der Waals surface area contributed by atoms with Crippen molar-refractivity contribution in [1.82, 2.24) is 23.6 Å². The molecule has 2 heterocycles. The zero-order chi connectivity index (χ0) is 17.3. The first-order chi connectivity index (χ1) is 11.5. The lowest BCUT2D eigenvalue weighted by atomic mass is 9.94. The Kier molecular flexibility index (Phi) is 4.89. The second-order valence-corrected chi connectivity index (χ2v) is 6.94. The van der Waals surface area contributed by atoms with Crippen molar-refractivity contribution < 1.29 is 0 Å². The van der Waals surface area contributed by atoms with Crippen LogP contribution in [0.3, 0.4) is 0 Å². The maximum atomic E-state index is 12.4. The van der Waals surface area contributed by atoms with Crippen molar-refractivity contribution in [1.29, 1.82) is 0 Å². The molecule has 0 bridgehead atoms. The van der Waals surface area contributed by atoms with Crippen LogP contribution in [0, 0.1) is 0 Å². The minimum Gasteiger partial charge on any atom is -0.325 e. The highest BCUT2D eigenvalue weighted by Gasteiger charge is 2.18. The van der Waals surface area contributed by atoms with Gasteiger partial charge in [0.25, 0.3) is 5.56 Å². The van der Waals surface area contributed by atoms with Gasteiger partial charge in [0.1, 0.15) is 0 Å². The Morgan fingerprint density at radius 1 is 1.17 bits per heavy atom. The van der Waals surface area contributed by atoms with Crippen LogP contribution in [0.5, 0.6) is 0 Å². The van der Waals surface area contributed by atoms with Crippen molar-refractivity contribution in [3.63, 3.8) is 0 Å². The first kappa shape index (κ1) is 17.0. The maximum absolute atomic E-state index is 12.4. The fourth-order valence-electron chi connectivity index (χ4n) is 3.76. The molecule has 0 amide bonds. The molecule has 0 N–H and O–H groups in total. The minimum atomic E-state index is -0.338. The van der Waals surface area contributed by atoms with Gasteiger partial charge >= 0.3 is 5.69 Å². The third-order valence-electron chi connectivity index (χ3n) is 5.33. The highest BCUT2D eigenvalue weighted by Crippen LogP contribution is 2.21. The summed E-state index contributed by atoms with van der Waals surface area (Å²) < 4.78 is 4.46. The summed E-state index contributed by atoms with van der Waals surface area (Å²) in [5.41, 5.74) is 0.365. The van der Waals surface area contributed by atoms with Gasteiger partial charge in [-0.15, -0.1) is 0 Å². The molecule has 7 heteroatoms. The van der Waals surface area contributed by atoms with Gasteiger partial charge in [-0.05, 0) is 32.9 Å². The van der Waals surface area contributed by atoms with Crippen LogP contribution >= 0.6 is 0 Å². The normalized spacial score (nSPS) is 16.3. The molecule has 0 unspecified atom stereocenters. The van der Waals surface area contributed by atoms with Gasteiger partial charge in [0.05, 0.1) is 6.33 Å². The Morgan fingerprint density at radius 2 is 1.88 bits per heavy atom. The molecule has 7 nitrogen and oxygen atoms in total. The van der Waals surface area contributed by atoms with E-state index < -0.39 is 0 Å². The maximum Gasteiger partial charge on any atom is 0.332 e. The standard InChI is InChI=1S/C17H27N5O2/c1-19(13-8-5-4-6-9-13)10-7-11-22-12-18-15-14(22)16(23)21(3)17(24)20(15)2/h12-13H,4-11H2,1-3H3. The van der Waals surface area contributed by atoms with Gasteiger partial charge in [0.15, 0.2) is 11.2 Å². The Bertz CT molecular complexity index is 826. The molecule has 2 aromatic heterocycles. The van der Waals surface area contributed by atoms with Gasteiger partial charge in [0, 0.05) is 26.7 Å². The van der Waals surface area contributed by atoms with Crippen molar-refractivity contribution in [2.75, 3.05) is 13.6 Å². The fraction of sp³-hybridized carbons (Fsp3) is 0.706. The van der Waals surface area contributed by atoms with Crippen LogP contribution in [0.2, 0.25) is 0 Å². The molecular formula is C17H27N5O2. The van der Waals surface area contributed by atoms with Crippen LogP contribution < -0.4 is 11.2 Å². The van der Waals surface area contributed by atoms with E-state index in [2.05, 4.69) is 16.9 Å². The van der Waals surface area contributed by atoms with Crippen LogP contribution in [0.25, 0.3) is 11.2 Å². The molecule has 1 aliphatic rings. The number of hydrogen-bond donors (Lipinski definition) is 0. The zero-order valence-corrected chi connectivity index (χ0v) is 14.9. The molecule has 1 saturated carbocycles. The molecule has 1 fully saturated rings. The number of rotatable bonds is 5. The Labute approximate surface area is 141 Å². The van der Waals surface area contributed by atoms with Gasteiger partial charge in [-0.1, -0.05) is 19.3 Å². The van der Waals surface area contributed by atoms with E-state index in [4.69, 9.17) is 0 Å². The van der Waals surface area contributed by atoms with E-state index in [9.17, 15) is 9.59 Å². The first-order valence-corrected chi connectivity index (χ1v) is 8.82. The average Bonchev–Trinajstić information content (AvgIpc) is 3.03. The fourth-order valence-corrected chi connectivity index (χ4v) is 3.76. The molecule has 0 saturated heterocycles. The number of hydrogen-bond acceptors (Lipinski definition) is 4. The summed E-state index contributed by atoms with van der Waals surface area (Å²) in [5, 5.41) is 0. The summed E-state index contributed by atoms with van der Waals surface area (Å²) in [4.78, 5) is 31.1. The van der Waals surface area contributed by atoms with Crippen LogP contribution in [0.1, 0.15) is 38.5 Å². The van der Waals surface area contributed by atoms with E-state index in [-0.39, 0.29) is 11.2 Å². The van der Waals surface area contributed by atoms with E-state index in [1.54, 1.807) is 13.4 Å². The van der Waals surface area contributed by atoms with E-state index in [1.807, 2.05) is 4.57 Å². The summed E-state index contributed by atoms with van der Waals surface area (Å²) in [6.45, 7) is 1.75. The smallest absolute Gasteiger partial charge is 0.325 e. The summed E-state index contributed by atoms with van der Waals surface area (Å²) in [7, 11) is 5.36. The van der Waals surface area contributed by atoms with Crippen molar-refractivity contribution in [3.8, 4) is 0 Å². The average molecular weight is 333 g/mol. The molecule has 0 aromatic carbocycles. The third kappa shape index (κ3) is 3.05. The Morgan fingerprint density at radius 3 is 2.58 bits per heavy atom. The summed E-state index contributed by atoms with van der Waals surface area (Å²) >= 11 is 0. The van der Waals surface area contributed by atoms with Gasteiger partial charge in [-0.2, -0.15) is 0 Å². The van der Waals surface area contributed by atoms with Gasteiger partial charge in [-0.25, -0.2) is 9.78 Å². The van der Waals surface area contributed by atoms with E-state index in [0.29, 0.717) is 17.2 Å². The van der Waals surface area contributed by atoms with Gasteiger partial charge < -0.3 is 9.47 Å². The second-order valence-electron chi connectivity index (χ2n) is 6.94. The minimum absolute atomic E-state index is 0.272. The van der Waals surface area contributed by atoms with Crippen molar-refractivity contribution >= 4 is 11.2 Å². The van der Waals surface area contributed by atoms with E-state index in [0.717, 1.165) is 24.1 Å². The molecule has 2 aromatic rings. The second kappa shape index (κ2) is 6.93. The van der Waals surface area contributed by atoms with Crippen LogP contribution in [-0.4, -0.2) is 43.2 Å². The molecule has 0 spiro atoms. The topological polar surface area (TPSA) is 65.1 Å². The number of aromatic nitrogens is 4. The molecule has 0 atom stereocenters. The summed E-state index contributed by atoms with van der Waals surface area (Å²) in [6, 6.07) is 0.701. The van der Waals surface area contributed by atoms with Crippen molar-refractivity contribution in [2.24, 2.45) is 14.1 Å². The lowest BCUT2D eigenvalue weighted by Gasteiger charge is -2.31. The highest BCUT2D eigenvalue weighted by atomic mass is 16.2. The highest BCUT2D eigenvalue weighted by molar-refractivity contribution is 5.69. The van der Waals surface area contributed by atoms with Crippen LogP contribution in [0.4, 0.5) is 0 Å². The number of nitrogens with zero attached hydrogens (tertiary/aromatic N) is 5. The van der Waals surface area contributed by atoms with Crippen molar-refractivity contribution in [2.45, 2.75) is 51.1 Å². The van der Waals surface area contributed by atoms with Gasteiger partial charge in [0.2, 0.25) is 0 Å². The largest absolute Gasteiger partial charge is 0.332 e.